The van der Waals surface area contributed by atoms with Gasteiger partial charge in [0.2, 0.25) is 0 Å². The average Bonchev–Trinajstić information content (AvgIpc) is 2.25. The molecular formula is C12H17ClFN. The zero-order valence-electron chi connectivity index (χ0n) is 8.81. The van der Waals surface area contributed by atoms with Crippen molar-refractivity contribution in [1.29, 1.82) is 0 Å². The second kappa shape index (κ2) is 7.66. The number of alkyl halides is 1. The van der Waals surface area contributed by atoms with Gasteiger partial charge in [-0.1, -0.05) is 24.6 Å². The minimum atomic E-state index is -0.134. The maximum atomic E-state index is 13.2. The zero-order chi connectivity index (χ0) is 10.9. The second-order valence-corrected chi connectivity index (χ2v) is 3.90. The van der Waals surface area contributed by atoms with E-state index in [0.29, 0.717) is 6.54 Å². The predicted molar refractivity (Wildman–Crippen MR) is 62.7 cm³/mol. The Labute approximate surface area is 95.6 Å². The van der Waals surface area contributed by atoms with Gasteiger partial charge in [0.15, 0.2) is 0 Å². The molecule has 0 saturated heterocycles. The lowest BCUT2D eigenvalue weighted by atomic mass is 10.2. The van der Waals surface area contributed by atoms with Gasteiger partial charge in [0.1, 0.15) is 5.82 Å². The molecule has 1 aromatic rings. The Morgan fingerprint density at radius 2 is 1.93 bits per heavy atom. The first kappa shape index (κ1) is 12.5. The molecule has 1 N–H and O–H groups in total. The van der Waals surface area contributed by atoms with Gasteiger partial charge in [-0.3, -0.25) is 0 Å². The first-order valence-corrected chi connectivity index (χ1v) is 5.88. The summed E-state index contributed by atoms with van der Waals surface area (Å²) in [5, 5.41) is 3.22. The van der Waals surface area contributed by atoms with Gasteiger partial charge in [-0.25, -0.2) is 4.39 Å². The molecule has 0 radical (unpaired) electrons. The van der Waals surface area contributed by atoms with Crippen LogP contribution < -0.4 is 5.32 Å². The summed E-state index contributed by atoms with van der Waals surface area (Å²) in [6.07, 6.45) is 3.29. The molecule has 84 valence electrons. The van der Waals surface area contributed by atoms with Gasteiger partial charge in [0.25, 0.3) is 0 Å². The molecule has 1 aromatic carbocycles. The highest BCUT2D eigenvalue weighted by atomic mass is 35.5. The molecule has 3 heteroatoms. The van der Waals surface area contributed by atoms with E-state index in [4.69, 9.17) is 11.6 Å². The van der Waals surface area contributed by atoms with Crippen LogP contribution in [-0.2, 0) is 6.54 Å². The van der Waals surface area contributed by atoms with Crippen LogP contribution in [0.2, 0.25) is 0 Å². The Bertz CT molecular complexity index is 278. The molecule has 15 heavy (non-hydrogen) atoms. The van der Waals surface area contributed by atoms with Crippen LogP contribution in [0.5, 0.6) is 0 Å². The molecule has 0 unspecified atom stereocenters. The fourth-order valence-corrected chi connectivity index (χ4v) is 1.58. The van der Waals surface area contributed by atoms with E-state index in [0.717, 1.165) is 37.3 Å². The Hall–Kier alpha value is -0.600. The minimum Gasteiger partial charge on any atom is -0.313 e. The topological polar surface area (TPSA) is 12.0 Å². The number of hydrogen-bond donors (Lipinski definition) is 1. The monoisotopic (exact) mass is 229 g/mol. The molecule has 0 atom stereocenters. The Morgan fingerprint density at radius 3 is 2.67 bits per heavy atom. The van der Waals surface area contributed by atoms with E-state index in [1.807, 2.05) is 6.07 Å². The molecule has 0 aromatic heterocycles. The third-order valence-electron chi connectivity index (χ3n) is 2.26. The molecule has 0 aliphatic rings. The minimum absolute atomic E-state index is 0.134. The molecule has 0 aliphatic heterocycles. The molecular weight excluding hydrogens is 213 g/mol. The zero-order valence-corrected chi connectivity index (χ0v) is 9.56. The van der Waals surface area contributed by atoms with E-state index in [1.165, 1.54) is 6.07 Å². The predicted octanol–water partition coefficient (Wildman–Crippen LogP) is 3.32. The van der Waals surface area contributed by atoms with Crippen LogP contribution in [0.15, 0.2) is 24.3 Å². The van der Waals surface area contributed by atoms with Crippen LogP contribution in [0, 0.1) is 5.82 Å². The van der Waals surface area contributed by atoms with Crippen LogP contribution in [0.3, 0.4) is 0 Å². The van der Waals surface area contributed by atoms with E-state index >= 15 is 0 Å². The Kier molecular flexibility index (Phi) is 6.37. The van der Waals surface area contributed by atoms with Crippen LogP contribution in [0.4, 0.5) is 4.39 Å². The summed E-state index contributed by atoms with van der Waals surface area (Å²) >= 11 is 5.56. The molecule has 0 amide bonds. The summed E-state index contributed by atoms with van der Waals surface area (Å²) in [6, 6.07) is 6.86. The lowest BCUT2D eigenvalue weighted by Gasteiger charge is -2.05. The lowest BCUT2D eigenvalue weighted by Crippen LogP contribution is -2.15. The summed E-state index contributed by atoms with van der Waals surface area (Å²) < 4.78 is 13.2. The third-order valence-corrected chi connectivity index (χ3v) is 2.53. The number of hydrogen-bond acceptors (Lipinski definition) is 1. The van der Waals surface area contributed by atoms with Crippen molar-refractivity contribution in [2.75, 3.05) is 12.4 Å². The van der Waals surface area contributed by atoms with Gasteiger partial charge in [-0.2, -0.15) is 0 Å². The third kappa shape index (κ3) is 5.14. The molecule has 0 spiro atoms. The summed E-state index contributed by atoms with van der Waals surface area (Å²) in [4.78, 5) is 0. The summed E-state index contributed by atoms with van der Waals surface area (Å²) in [5.74, 6) is 0.596. The van der Waals surface area contributed by atoms with Crippen molar-refractivity contribution in [3.8, 4) is 0 Å². The first-order valence-electron chi connectivity index (χ1n) is 5.34. The molecule has 1 nitrogen and oxygen atoms in total. The summed E-state index contributed by atoms with van der Waals surface area (Å²) in [5.41, 5.74) is 0.731. The van der Waals surface area contributed by atoms with Gasteiger partial charge in [-0.15, -0.1) is 11.6 Å². The fourth-order valence-electron chi connectivity index (χ4n) is 1.39. The second-order valence-electron chi connectivity index (χ2n) is 3.52. The van der Waals surface area contributed by atoms with Crippen molar-refractivity contribution >= 4 is 11.6 Å². The first-order chi connectivity index (χ1) is 7.34. The van der Waals surface area contributed by atoms with Crippen molar-refractivity contribution < 1.29 is 4.39 Å². The van der Waals surface area contributed by atoms with Crippen LogP contribution in [0.25, 0.3) is 0 Å². The highest BCUT2D eigenvalue weighted by Gasteiger charge is 1.98. The smallest absolute Gasteiger partial charge is 0.127 e. The van der Waals surface area contributed by atoms with Crippen LogP contribution in [0.1, 0.15) is 24.8 Å². The van der Waals surface area contributed by atoms with Gasteiger partial charge in [-0.05, 0) is 25.5 Å². The van der Waals surface area contributed by atoms with Gasteiger partial charge in [0.05, 0.1) is 0 Å². The van der Waals surface area contributed by atoms with Gasteiger partial charge < -0.3 is 5.32 Å². The van der Waals surface area contributed by atoms with Crippen LogP contribution in [-0.4, -0.2) is 12.4 Å². The molecule has 0 fully saturated rings. The van der Waals surface area contributed by atoms with Crippen LogP contribution >= 0.6 is 11.6 Å². The SMILES string of the molecule is Fc1ccccc1CNCCCCCCl. The Balaban J connectivity index is 2.12. The summed E-state index contributed by atoms with van der Waals surface area (Å²) in [7, 11) is 0. The quantitative estimate of drug-likeness (QED) is 0.559. The highest BCUT2D eigenvalue weighted by Crippen LogP contribution is 2.05. The fraction of sp³-hybridized carbons (Fsp3) is 0.500. The number of unbranched alkanes of at least 4 members (excludes halogenated alkanes) is 2. The average molecular weight is 230 g/mol. The maximum Gasteiger partial charge on any atom is 0.127 e. The van der Waals surface area contributed by atoms with Crippen molar-refractivity contribution in [3.05, 3.63) is 35.6 Å². The van der Waals surface area contributed by atoms with Crippen molar-refractivity contribution in [2.24, 2.45) is 0 Å². The summed E-state index contributed by atoms with van der Waals surface area (Å²) in [6.45, 7) is 1.53. The van der Waals surface area contributed by atoms with Crippen molar-refractivity contribution in [1.82, 2.24) is 5.32 Å². The number of nitrogens with one attached hydrogen (secondary N) is 1. The normalized spacial score (nSPS) is 10.5. The standard InChI is InChI=1S/C12H17ClFN/c13-8-4-1-5-9-15-10-11-6-2-3-7-12(11)14/h2-3,6-7,15H,1,4-5,8-10H2. The van der Waals surface area contributed by atoms with Crippen molar-refractivity contribution in [2.45, 2.75) is 25.8 Å². The van der Waals surface area contributed by atoms with Gasteiger partial charge in [0, 0.05) is 18.0 Å². The Morgan fingerprint density at radius 1 is 1.13 bits per heavy atom. The van der Waals surface area contributed by atoms with E-state index in [2.05, 4.69) is 5.32 Å². The lowest BCUT2D eigenvalue weighted by molar-refractivity contribution is 0.574. The van der Waals surface area contributed by atoms with E-state index < -0.39 is 0 Å². The number of rotatable bonds is 7. The van der Waals surface area contributed by atoms with Crippen molar-refractivity contribution in [3.63, 3.8) is 0 Å². The van der Waals surface area contributed by atoms with E-state index in [-0.39, 0.29) is 5.82 Å². The highest BCUT2D eigenvalue weighted by molar-refractivity contribution is 6.17. The maximum absolute atomic E-state index is 13.2. The molecule has 0 heterocycles. The molecule has 0 aliphatic carbocycles. The van der Waals surface area contributed by atoms with E-state index in [1.54, 1.807) is 12.1 Å². The largest absolute Gasteiger partial charge is 0.313 e. The molecule has 1 rings (SSSR count). The van der Waals surface area contributed by atoms with E-state index in [9.17, 15) is 4.39 Å². The number of benzene rings is 1. The molecule has 0 saturated carbocycles. The number of halogens is 2. The van der Waals surface area contributed by atoms with Gasteiger partial charge >= 0.3 is 0 Å². The molecule has 0 bridgehead atoms.